The van der Waals surface area contributed by atoms with Crippen LogP contribution < -0.4 is 9.80 Å². The van der Waals surface area contributed by atoms with E-state index in [9.17, 15) is 0 Å². The van der Waals surface area contributed by atoms with Gasteiger partial charge in [0.05, 0.1) is 10.7 Å². The van der Waals surface area contributed by atoms with Gasteiger partial charge in [0.25, 0.3) is 0 Å². The Labute approximate surface area is 237 Å². The van der Waals surface area contributed by atoms with Crippen molar-refractivity contribution in [2.75, 3.05) is 29.9 Å². The first-order valence-electron chi connectivity index (χ1n) is 14.5. The lowest BCUT2D eigenvalue weighted by Gasteiger charge is -2.32. The molecule has 0 unspecified atom stereocenters. The molecule has 0 radical (unpaired) electrons. The standard InChI is InChI=1S/C35H47ClN2/c1-9-11-21-37(8)32-19-15-28(22-25(32)3)34(4,5)26-13-12-14-27(23-26)35(6,7)29-16-20-33(31(36)24-29)38(10-2)30-17-18-30/h12-16,19-20,22-24,30H,9-11,17-18,21H2,1-8H3. The van der Waals surface area contributed by atoms with E-state index in [0.717, 1.165) is 18.1 Å². The lowest BCUT2D eigenvalue weighted by molar-refractivity contribution is 0.617. The fourth-order valence-electron chi connectivity index (χ4n) is 5.76. The topological polar surface area (TPSA) is 6.48 Å². The van der Waals surface area contributed by atoms with Crippen LogP contribution in [0.15, 0.2) is 60.7 Å². The van der Waals surface area contributed by atoms with Crippen LogP contribution in [-0.4, -0.2) is 26.2 Å². The largest absolute Gasteiger partial charge is 0.374 e. The van der Waals surface area contributed by atoms with Gasteiger partial charge in [-0.2, -0.15) is 0 Å². The number of aryl methyl sites for hydroxylation is 1. The van der Waals surface area contributed by atoms with Gasteiger partial charge in [0.2, 0.25) is 0 Å². The summed E-state index contributed by atoms with van der Waals surface area (Å²) in [5.41, 5.74) is 8.83. The van der Waals surface area contributed by atoms with E-state index >= 15 is 0 Å². The van der Waals surface area contributed by atoms with Crippen LogP contribution in [0, 0.1) is 6.92 Å². The molecule has 4 rings (SSSR count). The summed E-state index contributed by atoms with van der Waals surface area (Å²) in [6.07, 6.45) is 4.99. The molecule has 1 aliphatic rings. The minimum Gasteiger partial charge on any atom is -0.374 e. The molecule has 1 fully saturated rings. The van der Waals surface area contributed by atoms with Gasteiger partial charge in [-0.3, -0.25) is 0 Å². The van der Waals surface area contributed by atoms with E-state index in [0.29, 0.717) is 6.04 Å². The van der Waals surface area contributed by atoms with E-state index < -0.39 is 0 Å². The normalized spacial score (nSPS) is 14.0. The monoisotopic (exact) mass is 530 g/mol. The van der Waals surface area contributed by atoms with Crippen LogP contribution >= 0.6 is 11.6 Å². The maximum absolute atomic E-state index is 6.88. The van der Waals surface area contributed by atoms with Gasteiger partial charge in [0.15, 0.2) is 0 Å². The highest BCUT2D eigenvalue weighted by molar-refractivity contribution is 6.33. The minimum absolute atomic E-state index is 0.106. The molecule has 3 aromatic carbocycles. The molecule has 0 saturated heterocycles. The molecule has 3 heteroatoms. The maximum Gasteiger partial charge on any atom is 0.0642 e. The average Bonchev–Trinajstić information content (AvgIpc) is 3.74. The Morgan fingerprint density at radius 2 is 1.34 bits per heavy atom. The number of anilines is 2. The summed E-state index contributed by atoms with van der Waals surface area (Å²) in [7, 11) is 2.21. The molecule has 0 amide bonds. The summed E-state index contributed by atoms with van der Waals surface area (Å²) in [6, 6.07) is 23.5. The van der Waals surface area contributed by atoms with Crippen LogP contribution in [0.4, 0.5) is 11.4 Å². The fraction of sp³-hybridized carbons (Fsp3) is 0.486. The quantitative estimate of drug-likeness (QED) is 0.243. The van der Waals surface area contributed by atoms with Crippen LogP contribution in [-0.2, 0) is 10.8 Å². The third kappa shape index (κ3) is 5.76. The molecule has 0 atom stereocenters. The first-order chi connectivity index (χ1) is 18.0. The molecular weight excluding hydrogens is 484 g/mol. The second-order valence-electron chi connectivity index (χ2n) is 12.3. The van der Waals surface area contributed by atoms with Crippen molar-refractivity contribution < 1.29 is 0 Å². The van der Waals surface area contributed by atoms with Gasteiger partial charge < -0.3 is 9.80 Å². The third-order valence-electron chi connectivity index (χ3n) is 8.79. The van der Waals surface area contributed by atoms with Crippen molar-refractivity contribution in [3.05, 3.63) is 93.5 Å². The number of benzene rings is 3. The van der Waals surface area contributed by atoms with Crippen molar-refractivity contribution in [3.8, 4) is 0 Å². The molecule has 0 bridgehead atoms. The van der Waals surface area contributed by atoms with Crippen molar-refractivity contribution in [2.24, 2.45) is 0 Å². The molecule has 0 aliphatic heterocycles. The Hall–Kier alpha value is -2.45. The number of unbranched alkanes of at least 4 members (excludes halogenated alkanes) is 1. The van der Waals surface area contributed by atoms with E-state index in [2.05, 4.69) is 126 Å². The van der Waals surface area contributed by atoms with Crippen LogP contribution in [0.2, 0.25) is 5.02 Å². The molecule has 1 saturated carbocycles. The second kappa shape index (κ2) is 11.3. The summed E-state index contributed by atoms with van der Waals surface area (Å²) in [6.45, 7) is 18.1. The number of nitrogens with zero attached hydrogens (tertiary/aromatic N) is 2. The molecule has 0 aromatic heterocycles. The van der Waals surface area contributed by atoms with Gasteiger partial charge in [0, 0.05) is 42.7 Å². The van der Waals surface area contributed by atoms with Gasteiger partial charge in [-0.05, 0) is 79.1 Å². The van der Waals surface area contributed by atoms with E-state index in [1.807, 2.05) is 0 Å². The minimum atomic E-state index is -0.160. The number of halogens is 1. The third-order valence-corrected chi connectivity index (χ3v) is 9.09. The van der Waals surface area contributed by atoms with Gasteiger partial charge >= 0.3 is 0 Å². The molecule has 0 N–H and O–H groups in total. The Bertz CT molecular complexity index is 1250. The van der Waals surface area contributed by atoms with Gasteiger partial charge in [-0.15, -0.1) is 0 Å². The van der Waals surface area contributed by atoms with E-state index in [4.69, 9.17) is 11.6 Å². The van der Waals surface area contributed by atoms with E-state index in [-0.39, 0.29) is 10.8 Å². The SMILES string of the molecule is CCCCN(C)c1ccc(C(C)(C)c2cccc(C(C)(C)c3ccc(N(CC)C4CC4)c(Cl)c3)c2)cc1C. The van der Waals surface area contributed by atoms with Crippen LogP contribution in [0.1, 0.15) is 95.0 Å². The summed E-state index contributed by atoms with van der Waals surface area (Å²) >= 11 is 6.88. The zero-order valence-corrected chi connectivity index (χ0v) is 25.6. The van der Waals surface area contributed by atoms with Crippen molar-refractivity contribution in [3.63, 3.8) is 0 Å². The van der Waals surface area contributed by atoms with Crippen LogP contribution in [0.3, 0.4) is 0 Å². The zero-order chi connectivity index (χ0) is 27.7. The first kappa shape index (κ1) is 28.6. The Kier molecular flexibility index (Phi) is 8.52. The highest BCUT2D eigenvalue weighted by Crippen LogP contribution is 2.41. The predicted octanol–water partition coefficient (Wildman–Crippen LogP) is 9.53. The van der Waals surface area contributed by atoms with Crippen LogP contribution in [0.5, 0.6) is 0 Å². The first-order valence-corrected chi connectivity index (χ1v) is 14.9. The average molecular weight is 531 g/mol. The maximum atomic E-state index is 6.88. The second-order valence-corrected chi connectivity index (χ2v) is 12.7. The lowest BCUT2D eigenvalue weighted by Crippen LogP contribution is -2.26. The molecule has 2 nitrogen and oxygen atoms in total. The van der Waals surface area contributed by atoms with Crippen molar-refractivity contribution in [2.45, 2.75) is 91.0 Å². The highest BCUT2D eigenvalue weighted by atomic mass is 35.5. The molecule has 1 aliphatic carbocycles. The zero-order valence-electron chi connectivity index (χ0n) is 24.9. The molecule has 0 heterocycles. The van der Waals surface area contributed by atoms with Gasteiger partial charge in [-0.25, -0.2) is 0 Å². The van der Waals surface area contributed by atoms with E-state index in [1.165, 1.54) is 64.9 Å². The van der Waals surface area contributed by atoms with Crippen molar-refractivity contribution >= 4 is 23.0 Å². The summed E-state index contributed by atoms with van der Waals surface area (Å²) in [5.74, 6) is 0. The van der Waals surface area contributed by atoms with Gasteiger partial charge in [0.1, 0.15) is 0 Å². The molecule has 0 spiro atoms. The number of hydrogen-bond donors (Lipinski definition) is 0. The molecule has 38 heavy (non-hydrogen) atoms. The molecule has 3 aromatic rings. The smallest absolute Gasteiger partial charge is 0.0642 e. The van der Waals surface area contributed by atoms with E-state index in [1.54, 1.807) is 0 Å². The Morgan fingerprint density at radius 1 is 0.789 bits per heavy atom. The summed E-state index contributed by atoms with van der Waals surface area (Å²) < 4.78 is 0. The van der Waals surface area contributed by atoms with Crippen molar-refractivity contribution in [1.29, 1.82) is 0 Å². The van der Waals surface area contributed by atoms with Gasteiger partial charge in [-0.1, -0.05) is 95.1 Å². The predicted molar refractivity (Wildman–Crippen MR) is 168 cm³/mol. The van der Waals surface area contributed by atoms with Crippen LogP contribution in [0.25, 0.3) is 0 Å². The fourth-order valence-corrected chi connectivity index (χ4v) is 6.05. The Morgan fingerprint density at radius 3 is 1.84 bits per heavy atom. The summed E-state index contributed by atoms with van der Waals surface area (Å²) in [5, 5.41) is 0.861. The number of rotatable bonds is 11. The highest BCUT2D eigenvalue weighted by Gasteiger charge is 2.31. The van der Waals surface area contributed by atoms with Crippen molar-refractivity contribution in [1.82, 2.24) is 0 Å². The summed E-state index contributed by atoms with van der Waals surface area (Å²) in [4.78, 5) is 4.84. The molecular formula is C35H47ClN2. The number of hydrogen-bond acceptors (Lipinski definition) is 2. The Balaban J connectivity index is 1.62. The molecule has 204 valence electrons. The lowest BCUT2D eigenvalue weighted by atomic mass is 9.73.